The smallest absolute Gasteiger partial charge is 1.00 e. The van der Waals surface area contributed by atoms with Crippen molar-refractivity contribution in [2.24, 2.45) is 0 Å². The van der Waals surface area contributed by atoms with Gasteiger partial charge in [0.25, 0.3) is 0 Å². The second kappa shape index (κ2) is 6.74. The van der Waals surface area contributed by atoms with Crippen molar-refractivity contribution in [1.82, 2.24) is 0 Å². The minimum absolute atomic E-state index is 0. The molecule has 120 valence electrons. The van der Waals surface area contributed by atoms with Crippen LogP contribution in [0.4, 0.5) is 0 Å². The van der Waals surface area contributed by atoms with Crippen molar-refractivity contribution in [1.29, 1.82) is 0 Å². The summed E-state index contributed by atoms with van der Waals surface area (Å²) in [4.78, 5) is 0. The Morgan fingerprint density at radius 3 is 2.36 bits per heavy atom. The maximum absolute atomic E-state index is 2.65. The molecule has 3 unspecified atom stereocenters. The van der Waals surface area contributed by atoms with Crippen LogP contribution in [0, 0.1) is 0 Å². The summed E-state index contributed by atoms with van der Waals surface area (Å²) < 4.78 is 5.60. The second-order valence-electron chi connectivity index (χ2n) is 7.55. The molecule has 0 radical (unpaired) electrons. The van der Waals surface area contributed by atoms with Crippen molar-refractivity contribution < 1.29 is 45.1 Å². The van der Waals surface area contributed by atoms with E-state index in [1.165, 1.54) is 32.1 Å². The Kier molecular flexibility index (Phi) is 5.74. The Hall–Kier alpha value is 0.423. The SMILES string of the molecule is CC1=C(C)C[C]([Zr+2]2([CH]3C=CC4=C3CCCC4)[CH2][CH]2C)=C1.[Cl-].[Cl-]. The summed E-state index contributed by atoms with van der Waals surface area (Å²) in [5.74, 6) is 0. The van der Waals surface area contributed by atoms with Gasteiger partial charge in [-0.25, -0.2) is 0 Å². The predicted octanol–water partition coefficient (Wildman–Crippen LogP) is 0.242. The molecule has 0 aromatic heterocycles. The van der Waals surface area contributed by atoms with Gasteiger partial charge in [0.15, 0.2) is 0 Å². The molecule has 4 rings (SSSR count). The molecule has 1 heterocycles. The first-order valence-corrected chi connectivity index (χ1v) is 14.2. The van der Waals surface area contributed by atoms with E-state index < -0.39 is 20.3 Å². The van der Waals surface area contributed by atoms with E-state index in [-0.39, 0.29) is 24.8 Å². The molecule has 3 atom stereocenters. The zero-order valence-electron chi connectivity index (χ0n) is 13.9. The molecule has 3 heteroatoms. The van der Waals surface area contributed by atoms with E-state index in [2.05, 4.69) is 39.0 Å². The van der Waals surface area contributed by atoms with Gasteiger partial charge in [-0.3, -0.25) is 0 Å². The van der Waals surface area contributed by atoms with E-state index in [0.717, 1.165) is 7.25 Å². The van der Waals surface area contributed by atoms with Gasteiger partial charge >= 0.3 is 128 Å². The van der Waals surface area contributed by atoms with E-state index >= 15 is 0 Å². The van der Waals surface area contributed by atoms with Crippen LogP contribution in [0.2, 0.25) is 11.4 Å². The Morgan fingerprint density at radius 2 is 1.77 bits per heavy atom. The summed E-state index contributed by atoms with van der Waals surface area (Å²) in [5.41, 5.74) is 6.88. The first-order chi connectivity index (χ1) is 9.63. The molecule has 4 aliphatic rings. The number of hydrogen-bond donors (Lipinski definition) is 0. The molecular formula is C19H26Cl2Zr. The van der Waals surface area contributed by atoms with E-state index in [9.17, 15) is 0 Å². The normalized spacial score (nSPS) is 33.0. The average molecular weight is 417 g/mol. The van der Waals surface area contributed by atoms with Crippen LogP contribution >= 0.6 is 0 Å². The van der Waals surface area contributed by atoms with Crippen LogP contribution in [0.15, 0.2) is 43.8 Å². The Morgan fingerprint density at radius 1 is 1.09 bits per heavy atom. The topological polar surface area (TPSA) is 0 Å². The van der Waals surface area contributed by atoms with Crippen molar-refractivity contribution in [2.75, 3.05) is 0 Å². The van der Waals surface area contributed by atoms with Crippen molar-refractivity contribution in [2.45, 2.75) is 64.3 Å². The van der Waals surface area contributed by atoms with Crippen molar-refractivity contribution in [3.8, 4) is 0 Å². The molecule has 0 amide bonds. The Bertz CT molecular complexity index is 597. The molecule has 1 fully saturated rings. The van der Waals surface area contributed by atoms with E-state index in [4.69, 9.17) is 0 Å². The maximum Gasteiger partial charge on any atom is -1.00 e. The minimum atomic E-state index is -2.08. The van der Waals surface area contributed by atoms with Crippen molar-refractivity contribution >= 4 is 0 Å². The summed E-state index contributed by atoms with van der Waals surface area (Å²) in [5, 5.41) is 0. The van der Waals surface area contributed by atoms with E-state index in [1.54, 1.807) is 20.8 Å². The third-order valence-electron chi connectivity index (χ3n) is 6.46. The Balaban J connectivity index is 0.000000882. The van der Waals surface area contributed by atoms with Gasteiger partial charge in [0.1, 0.15) is 0 Å². The summed E-state index contributed by atoms with van der Waals surface area (Å²) >= 11 is -2.08. The van der Waals surface area contributed by atoms with Gasteiger partial charge in [-0.2, -0.15) is 0 Å². The molecule has 0 N–H and O–H groups in total. The average Bonchev–Trinajstić information content (AvgIpc) is 2.81. The molecule has 3 aliphatic carbocycles. The Labute approximate surface area is 152 Å². The van der Waals surface area contributed by atoms with Gasteiger partial charge in [0.05, 0.1) is 0 Å². The van der Waals surface area contributed by atoms with E-state index in [1.807, 2.05) is 8.85 Å². The van der Waals surface area contributed by atoms with E-state index in [0.29, 0.717) is 0 Å². The van der Waals surface area contributed by atoms with Gasteiger partial charge in [-0.05, 0) is 0 Å². The molecule has 0 aromatic carbocycles. The second-order valence-corrected chi connectivity index (χ2v) is 19.2. The molecule has 0 saturated carbocycles. The number of hydrogen-bond acceptors (Lipinski definition) is 0. The molecule has 1 aliphatic heterocycles. The predicted molar refractivity (Wildman–Crippen MR) is 83.7 cm³/mol. The third kappa shape index (κ3) is 2.70. The zero-order chi connectivity index (χ0) is 13.9. The molecule has 0 aromatic rings. The molecule has 1 saturated heterocycles. The number of allylic oxidation sites excluding steroid dienone is 8. The van der Waals surface area contributed by atoms with Gasteiger partial charge in [0.2, 0.25) is 0 Å². The molecule has 0 nitrogen and oxygen atoms in total. The first-order valence-electron chi connectivity index (χ1n) is 8.40. The minimum Gasteiger partial charge on any atom is -1.00 e. The third-order valence-corrected chi connectivity index (χ3v) is 20.9. The van der Waals surface area contributed by atoms with Crippen LogP contribution in [-0.2, 0) is 20.3 Å². The molecular weight excluding hydrogens is 390 g/mol. The number of halogens is 2. The van der Waals surface area contributed by atoms with Gasteiger partial charge < -0.3 is 24.8 Å². The number of rotatable bonds is 2. The fourth-order valence-corrected chi connectivity index (χ4v) is 21.8. The standard InChI is InChI=1S/C9H11.C7H9.C3H6.2ClH.Zr/c1-2-5-9-7-3-6-8(9)4-1;1-6-4-3-5-7(6)2;1-3-2;;;/h3,6-7H,1-2,4-5H2;4H,5H2,1-2H3;3H,1H2,2H3;2*1H;/q;;;;;+2/p-2. The van der Waals surface area contributed by atoms with Gasteiger partial charge in [-0.1, -0.05) is 0 Å². The van der Waals surface area contributed by atoms with Crippen LogP contribution in [0.5, 0.6) is 0 Å². The van der Waals surface area contributed by atoms with Crippen LogP contribution in [-0.4, -0.2) is 0 Å². The van der Waals surface area contributed by atoms with Crippen LogP contribution in [0.1, 0.15) is 52.9 Å². The molecule has 0 bridgehead atoms. The monoisotopic (exact) mass is 414 g/mol. The van der Waals surface area contributed by atoms with Crippen molar-refractivity contribution in [3.63, 3.8) is 0 Å². The quantitative estimate of drug-likeness (QED) is 0.605. The summed E-state index contributed by atoms with van der Waals surface area (Å²) in [7, 11) is 0. The summed E-state index contributed by atoms with van der Waals surface area (Å²) in [6.07, 6.45) is 14.8. The molecule has 22 heavy (non-hydrogen) atoms. The van der Waals surface area contributed by atoms with Crippen LogP contribution < -0.4 is 24.8 Å². The molecule has 0 spiro atoms. The van der Waals surface area contributed by atoms with Crippen molar-refractivity contribution in [3.05, 3.63) is 43.8 Å². The van der Waals surface area contributed by atoms with Crippen LogP contribution in [0.3, 0.4) is 0 Å². The summed E-state index contributed by atoms with van der Waals surface area (Å²) in [6.45, 7) is 7.24. The first kappa shape index (κ1) is 18.8. The van der Waals surface area contributed by atoms with Gasteiger partial charge in [0, 0.05) is 0 Å². The fraction of sp³-hybridized carbons (Fsp3) is 0.579. The van der Waals surface area contributed by atoms with Crippen LogP contribution in [0.25, 0.3) is 0 Å². The maximum atomic E-state index is 2.65. The summed E-state index contributed by atoms with van der Waals surface area (Å²) in [6, 6.07) is 0. The van der Waals surface area contributed by atoms with Gasteiger partial charge in [-0.15, -0.1) is 0 Å². The fourth-order valence-electron chi connectivity index (χ4n) is 5.00. The zero-order valence-corrected chi connectivity index (χ0v) is 17.9. The largest absolute Gasteiger partial charge is 1.00 e.